The van der Waals surface area contributed by atoms with Crippen molar-refractivity contribution in [3.8, 4) is 0 Å². The number of aromatic nitrogens is 1. The van der Waals surface area contributed by atoms with Crippen LogP contribution in [0.15, 0.2) is 30.5 Å². The molecule has 2 rings (SSSR count). The van der Waals surface area contributed by atoms with Crippen molar-refractivity contribution < 1.29 is 4.92 Å². The van der Waals surface area contributed by atoms with Gasteiger partial charge in [0, 0.05) is 11.6 Å². The highest BCUT2D eigenvalue weighted by Crippen LogP contribution is 2.32. The molecule has 5 nitrogen and oxygen atoms in total. The van der Waals surface area contributed by atoms with Crippen molar-refractivity contribution in [3.63, 3.8) is 0 Å². The summed E-state index contributed by atoms with van der Waals surface area (Å²) in [6.07, 6.45) is 1.52. The molecule has 0 bridgehead atoms. The maximum atomic E-state index is 11.0. The molecule has 0 radical (unpaired) electrons. The van der Waals surface area contributed by atoms with Gasteiger partial charge in [-0.15, -0.1) is 0 Å². The van der Waals surface area contributed by atoms with Gasteiger partial charge in [0.05, 0.1) is 15.9 Å². The minimum absolute atomic E-state index is 0.0689. The first-order chi connectivity index (χ1) is 7.61. The normalized spacial score (nSPS) is 12.6. The molecule has 6 heteroatoms. The first kappa shape index (κ1) is 10.8. The van der Waals surface area contributed by atoms with E-state index in [1.807, 2.05) is 0 Å². The Bertz CT molecular complexity index is 557. The Morgan fingerprint density at radius 1 is 1.44 bits per heavy atom. The van der Waals surface area contributed by atoms with Gasteiger partial charge in [-0.05, 0) is 12.1 Å². The van der Waals surface area contributed by atoms with Crippen molar-refractivity contribution in [2.75, 3.05) is 0 Å². The van der Waals surface area contributed by atoms with Gasteiger partial charge in [0.25, 0.3) is 0 Å². The molecule has 2 aromatic rings. The van der Waals surface area contributed by atoms with E-state index in [9.17, 15) is 10.1 Å². The van der Waals surface area contributed by atoms with E-state index in [1.165, 1.54) is 6.20 Å². The standard InChI is InChI=1S/C10H9N3O2S/c11-10(16)7-4-3-6-2-1-5-12-8(6)9(7)13(14)15/h1-5,10,16H,11H2. The van der Waals surface area contributed by atoms with E-state index in [4.69, 9.17) is 5.73 Å². The lowest BCUT2D eigenvalue weighted by Gasteiger charge is -2.07. The van der Waals surface area contributed by atoms with Crippen LogP contribution >= 0.6 is 12.6 Å². The second-order valence-electron chi connectivity index (χ2n) is 3.28. The number of rotatable bonds is 2. The first-order valence-corrected chi connectivity index (χ1v) is 5.08. The van der Waals surface area contributed by atoms with Gasteiger partial charge in [0.1, 0.15) is 5.52 Å². The molecule has 1 atom stereocenters. The van der Waals surface area contributed by atoms with Crippen molar-refractivity contribution in [1.82, 2.24) is 4.98 Å². The number of hydrogen-bond acceptors (Lipinski definition) is 5. The average Bonchev–Trinajstić information content (AvgIpc) is 2.27. The average molecular weight is 235 g/mol. The number of pyridine rings is 1. The molecule has 0 saturated heterocycles. The molecule has 0 aliphatic carbocycles. The summed E-state index contributed by atoms with van der Waals surface area (Å²) in [6, 6.07) is 6.86. The highest BCUT2D eigenvalue weighted by atomic mass is 32.1. The molecule has 0 saturated carbocycles. The third-order valence-corrected chi connectivity index (χ3v) is 2.56. The van der Waals surface area contributed by atoms with Crippen LogP contribution in [0.3, 0.4) is 0 Å². The zero-order chi connectivity index (χ0) is 11.7. The van der Waals surface area contributed by atoms with Crippen LogP contribution in [0, 0.1) is 10.1 Å². The van der Waals surface area contributed by atoms with E-state index in [0.29, 0.717) is 16.5 Å². The summed E-state index contributed by atoms with van der Waals surface area (Å²) in [7, 11) is 0. The molecule has 1 heterocycles. The summed E-state index contributed by atoms with van der Waals surface area (Å²) in [5.41, 5.74) is 6.22. The Hall–Kier alpha value is -1.66. The molecule has 16 heavy (non-hydrogen) atoms. The van der Waals surface area contributed by atoms with Crippen molar-refractivity contribution in [2.24, 2.45) is 5.73 Å². The molecule has 0 spiro atoms. The smallest absolute Gasteiger partial charge is 0.301 e. The quantitative estimate of drug-likeness (QED) is 0.361. The summed E-state index contributed by atoms with van der Waals surface area (Å²) >= 11 is 4.02. The highest BCUT2D eigenvalue weighted by Gasteiger charge is 2.21. The van der Waals surface area contributed by atoms with Crippen molar-refractivity contribution in [1.29, 1.82) is 0 Å². The molecule has 0 amide bonds. The van der Waals surface area contributed by atoms with E-state index in [1.54, 1.807) is 24.3 Å². The zero-order valence-electron chi connectivity index (χ0n) is 8.20. The van der Waals surface area contributed by atoms with Gasteiger partial charge >= 0.3 is 5.69 Å². The number of fused-ring (bicyclic) bond motifs is 1. The molecule has 0 fully saturated rings. The number of nitrogens with two attached hydrogens (primary N) is 1. The maximum Gasteiger partial charge on any atom is 0.301 e. The van der Waals surface area contributed by atoms with Crippen LogP contribution in [0.2, 0.25) is 0 Å². The van der Waals surface area contributed by atoms with Crippen LogP contribution < -0.4 is 5.73 Å². The highest BCUT2D eigenvalue weighted by molar-refractivity contribution is 7.80. The largest absolute Gasteiger partial charge is 0.316 e. The van der Waals surface area contributed by atoms with E-state index < -0.39 is 10.3 Å². The predicted octanol–water partition coefficient (Wildman–Crippen LogP) is 2.03. The minimum Gasteiger partial charge on any atom is -0.316 e. The Balaban J connectivity index is 2.84. The summed E-state index contributed by atoms with van der Waals surface area (Å²) < 4.78 is 0. The fourth-order valence-electron chi connectivity index (χ4n) is 1.58. The fraction of sp³-hybridized carbons (Fsp3) is 0.100. The van der Waals surface area contributed by atoms with E-state index in [0.717, 1.165) is 0 Å². The lowest BCUT2D eigenvalue weighted by Crippen LogP contribution is -2.06. The number of nitrogens with zero attached hydrogens (tertiary/aromatic N) is 2. The van der Waals surface area contributed by atoms with Gasteiger partial charge < -0.3 is 5.73 Å². The summed E-state index contributed by atoms with van der Waals surface area (Å²) in [5, 5.41) is 11.0. The first-order valence-electron chi connectivity index (χ1n) is 4.57. The topological polar surface area (TPSA) is 82.0 Å². The minimum atomic E-state index is -0.688. The van der Waals surface area contributed by atoms with Gasteiger partial charge in [0.15, 0.2) is 0 Å². The number of nitro groups is 1. The number of thiol groups is 1. The van der Waals surface area contributed by atoms with Gasteiger partial charge in [-0.3, -0.25) is 10.1 Å². The van der Waals surface area contributed by atoms with E-state index in [2.05, 4.69) is 17.6 Å². The van der Waals surface area contributed by atoms with E-state index in [-0.39, 0.29) is 5.69 Å². The maximum absolute atomic E-state index is 11.0. The van der Waals surface area contributed by atoms with Crippen LogP contribution in [0.1, 0.15) is 10.9 Å². The van der Waals surface area contributed by atoms with Crippen LogP contribution in [-0.4, -0.2) is 9.91 Å². The zero-order valence-corrected chi connectivity index (χ0v) is 9.09. The molecule has 0 aliphatic heterocycles. The molecule has 0 aliphatic rings. The van der Waals surface area contributed by atoms with Crippen molar-refractivity contribution >= 4 is 29.2 Å². The van der Waals surface area contributed by atoms with Crippen molar-refractivity contribution in [3.05, 3.63) is 46.1 Å². The molecular weight excluding hydrogens is 226 g/mol. The van der Waals surface area contributed by atoms with Crippen LogP contribution in [0.4, 0.5) is 5.69 Å². The molecule has 1 unspecified atom stereocenters. The summed E-state index contributed by atoms with van der Waals surface area (Å²) in [6.45, 7) is 0. The number of benzene rings is 1. The lowest BCUT2D eigenvalue weighted by molar-refractivity contribution is -0.383. The van der Waals surface area contributed by atoms with Crippen LogP contribution in [-0.2, 0) is 0 Å². The van der Waals surface area contributed by atoms with Gasteiger partial charge in [0.2, 0.25) is 0 Å². The summed E-state index contributed by atoms with van der Waals surface area (Å²) in [5.74, 6) is 0. The second kappa shape index (κ2) is 4.07. The van der Waals surface area contributed by atoms with Crippen LogP contribution in [0.25, 0.3) is 10.9 Å². The lowest BCUT2D eigenvalue weighted by atomic mass is 10.1. The molecule has 82 valence electrons. The van der Waals surface area contributed by atoms with Crippen LogP contribution in [0.5, 0.6) is 0 Å². The van der Waals surface area contributed by atoms with Crippen molar-refractivity contribution in [2.45, 2.75) is 5.37 Å². The third-order valence-electron chi connectivity index (χ3n) is 2.28. The monoisotopic (exact) mass is 235 g/mol. The van der Waals surface area contributed by atoms with E-state index >= 15 is 0 Å². The Labute approximate surface area is 96.8 Å². The Morgan fingerprint density at radius 3 is 2.81 bits per heavy atom. The second-order valence-corrected chi connectivity index (χ2v) is 3.84. The van der Waals surface area contributed by atoms with Gasteiger partial charge in [-0.25, -0.2) is 4.98 Å². The third kappa shape index (κ3) is 1.72. The van der Waals surface area contributed by atoms with Gasteiger partial charge in [-0.2, -0.15) is 12.6 Å². The molecule has 1 aromatic heterocycles. The molecule has 1 aromatic carbocycles. The fourth-order valence-corrected chi connectivity index (χ4v) is 1.78. The van der Waals surface area contributed by atoms with Gasteiger partial charge in [-0.1, -0.05) is 12.1 Å². The summed E-state index contributed by atoms with van der Waals surface area (Å²) in [4.78, 5) is 14.6. The SMILES string of the molecule is NC(S)c1ccc2cccnc2c1[N+](=O)[O-]. The molecule has 2 N–H and O–H groups in total. The number of nitro benzene ring substituents is 1. The Morgan fingerprint density at radius 2 is 2.19 bits per heavy atom. The molecular formula is C10H9N3O2S. The Kier molecular flexibility index (Phi) is 2.76. The predicted molar refractivity (Wildman–Crippen MR) is 64.3 cm³/mol. The number of hydrogen-bond donors (Lipinski definition) is 2.